The molecule has 0 atom stereocenters. The number of carbonyl (C=O) groups excluding carboxylic acids is 1. The number of piperidine rings is 1. The highest BCUT2D eigenvalue weighted by Gasteiger charge is 2.32. The van der Waals surface area contributed by atoms with E-state index in [1.165, 1.54) is 10.7 Å². The lowest BCUT2D eigenvalue weighted by atomic mass is 9.95. The molecule has 0 unspecified atom stereocenters. The van der Waals surface area contributed by atoms with Crippen molar-refractivity contribution in [2.24, 2.45) is 7.05 Å². The molecule has 2 heterocycles. The zero-order chi connectivity index (χ0) is 21.4. The first-order valence-corrected chi connectivity index (χ1v) is 10.6. The van der Waals surface area contributed by atoms with Crippen LogP contribution in [-0.4, -0.2) is 43.2 Å². The highest BCUT2D eigenvalue weighted by Crippen LogP contribution is 2.34. The molecule has 2 aromatic rings. The molecule has 2 fully saturated rings. The number of aromatic nitrogens is 3. The summed E-state index contributed by atoms with van der Waals surface area (Å²) in [6.45, 7) is 2.75. The first kappa shape index (κ1) is 20.3. The Morgan fingerprint density at radius 3 is 2.47 bits per heavy atom. The Labute approximate surface area is 174 Å². The van der Waals surface area contributed by atoms with Crippen molar-refractivity contribution in [1.82, 2.24) is 19.2 Å². The quantitative estimate of drug-likeness (QED) is 0.566. The van der Waals surface area contributed by atoms with E-state index in [1.54, 1.807) is 31.0 Å². The predicted octanol–water partition coefficient (Wildman–Crippen LogP) is 2.93. The molecule has 1 aromatic carbocycles. The minimum Gasteiger partial charge on any atom is -0.339 e. The highest BCUT2D eigenvalue weighted by molar-refractivity contribution is 5.95. The lowest BCUT2D eigenvalue weighted by molar-refractivity contribution is -0.385. The Morgan fingerprint density at radius 2 is 1.83 bits per heavy atom. The van der Waals surface area contributed by atoms with Gasteiger partial charge in [-0.15, -0.1) is 0 Å². The summed E-state index contributed by atoms with van der Waals surface area (Å²) >= 11 is 0. The summed E-state index contributed by atoms with van der Waals surface area (Å²) in [7, 11) is 1.69. The first-order chi connectivity index (χ1) is 14.4. The van der Waals surface area contributed by atoms with E-state index in [0.717, 1.165) is 44.3 Å². The molecule has 30 heavy (non-hydrogen) atoms. The van der Waals surface area contributed by atoms with Crippen LogP contribution in [0.3, 0.4) is 0 Å². The third kappa shape index (κ3) is 3.64. The molecule has 1 aliphatic carbocycles. The Kier molecular flexibility index (Phi) is 5.44. The zero-order valence-corrected chi connectivity index (χ0v) is 17.4. The van der Waals surface area contributed by atoms with Crippen LogP contribution < -0.4 is 5.69 Å². The van der Waals surface area contributed by atoms with Crippen LogP contribution in [0.5, 0.6) is 0 Å². The van der Waals surface area contributed by atoms with E-state index in [1.807, 2.05) is 4.57 Å². The lowest BCUT2D eigenvalue weighted by Gasteiger charge is -2.32. The van der Waals surface area contributed by atoms with Crippen LogP contribution in [0.1, 0.15) is 72.2 Å². The molecule has 4 rings (SSSR count). The van der Waals surface area contributed by atoms with E-state index in [-0.39, 0.29) is 29.2 Å². The second kappa shape index (κ2) is 8.04. The number of nitro benzene ring substituents is 1. The van der Waals surface area contributed by atoms with E-state index in [4.69, 9.17) is 0 Å². The highest BCUT2D eigenvalue weighted by atomic mass is 16.6. The van der Waals surface area contributed by atoms with Crippen LogP contribution in [0.15, 0.2) is 23.0 Å². The van der Waals surface area contributed by atoms with Gasteiger partial charge in [-0.1, -0.05) is 18.9 Å². The minimum atomic E-state index is -0.457. The molecule has 1 amide bonds. The summed E-state index contributed by atoms with van der Waals surface area (Å²) in [4.78, 5) is 38.0. The number of carbonyl (C=O) groups is 1. The largest absolute Gasteiger partial charge is 0.345 e. The summed E-state index contributed by atoms with van der Waals surface area (Å²) in [6.07, 6.45) is 5.76. The van der Waals surface area contributed by atoms with Gasteiger partial charge in [0.15, 0.2) is 0 Å². The number of nitro groups is 1. The fourth-order valence-corrected chi connectivity index (χ4v) is 4.75. The number of nitrogens with zero attached hydrogens (tertiary/aromatic N) is 5. The summed E-state index contributed by atoms with van der Waals surface area (Å²) in [5, 5.41) is 15.7. The molecule has 1 aromatic heterocycles. The smallest absolute Gasteiger partial charge is 0.339 e. The number of amides is 1. The Morgan fingerprint density at radius 1 is 1.17 bits per heavy atom. The van der Waals surface area contributed by atoms with Crippen LogP contribution in [0.2, 0.25) is 0 Å². The van der Waals surface area contributed by atoms with Crippen LogP contribution >= 0.6 is 0 Å². The van der Waals surface area contributed by atoms with Gasteiger partial charge in [0.2, 0.25) is 0 Å². The van der Waals surface area contributed by atoms with Crippen LogP contribution in [-0.2, 0) is 7.05 Å². The minimum absolute atomic E-state index is 0.0372. The standard InChI is InChI=1S/C21H27N5O4/c1-14-7-8-16(13-18(14)26(29)30)20(27)24-11-9-15(10-12-24)19-22-23(2)21(28)25(19)17-5-3-4-6-17/h7-8,13,15,17H,3-6,9-12H2,1-2H3. The van der Waals surface area contributed by atoms with Gasteiger partial charge in [-0.2, -0.15) is 5.10 Å². The molecule has 2 aliphatic rings. The van der Waals surface area contributed by atoms with Gasteiger partial charge in [-0.05, 0) is 38.7 Å². The van der Waals surface area contributed by atoms with E-state index in [0.29, 0.717) is 24.2 Å². The third-order valence-corrected chi connectivity index (χ3v) is 6.47. The molecule has 0 radical (unpaired) electrons. The summed E-state index contributed by atoms with van der Waals surface area (Å²) in [5.41, 5.74) is 0.786. The topological polar surface area (TPSA) is 103 Å². The fourth-order valence-electron chi connectivity index (χ4n) is 4.75. The Balaban J connectivity index is 1.49. The van der Waals surface area contributed by atoms with Gasteiger partial charge in [0.25, 0.3) is 11.6 Å². The van der Waals surface area contributed by atoms with Crippen molar-refractivity contribution in [3.8, 4) is 0 Å². The normalized spacial score (nSPS) is 18.1. The lowest BCUT2D eigenvalue weighted by Crippen LogP contribution is -2.38. The van der Waals surface area contributed by atoms with Crippen molar-refractivity contribution >= 4 is 11.6 Å². The number of likely N-dealkylation sites (tertiary alicyclic amines) is 1. The number of hydrogen-bond donors (Lipinski definition) is 0. The van der Waals surface area contributed by atoms with Crippen molar-refractivity contribution in [3.05, 3.63) is 55.7 Å². The van der Waals surface area contributed by atoms with E-state index >= 15 is 0 Å². The number of rotatable bonds is 4. The van der Waals surface area contributed by atoms with Gasteiger partial charge >= 0.3 is 5.69 Å². The predicted molar refractivity (Wildman–Crippen MR) is 111 cm³/mol. The van der Waals surface area contributed by atoms with Gasteiger partial charge in [-0.3, -0.25) is 19.5 Å². The molecule has 1 saturated carbocycles. The van der Waals surface area contributed by atoms with Gasteiger partial charge < -0.3 is 4.90 Å². The van der Waals surface area contributed by atoms with Gasteiger partial charge in [0.05, 0.1) is 4.92 Å². The van der Waals surface area contributed by atoms with Gasteiger partial charge in [0.1, 0.15) is 5.82 Å². The van der Waals surface area contributed by atoms with Crippen molar-refractivity contribution in [2.75, 3.05) is 13.1 Å². The molecule has 0 spiro atoms. The summed E-state index contributed by atoms with van der Waals surface area (Å²) < 4.78 is 3.31. The van der Waals surface area contributed by atoms with Gasteiger partial charge in [0, 0.05) is 49.3 Å². The Hall–Kier alpha value is -2.97. The van der Waals surface area contributed by atoms with E-state index < -0.39 is 4.92 Å². The van der Waals surface area contributed by atoms with Crippen molar-refractivity contribution in [1.29, 1.82) is 0 Å². The maximum Gasteiger partial charge on any atom is 0.345 e. The maximum absolute atomic E-state index is 12.9. The van der Waals surface area contributed by atoms with Crippen LogP contribution in [0.4, 0.5) is 5.69 Å². The number of aryl methyl sites for hydroxylation is 2. The molecule has 0 N–H and O–H groups in total. The van der Waals surface area contributed by atoms with E-state index in [2.05, 4.69) is 5.10 Å². The first-order valence-electron chi connectivity index (χ1n) is 10.6. The van der Waals surface area contributed by atoms with Crippen LogP contribution in [0.25, 0.3) is 0 Å². The monoisotopic (exact) mass is 413 g/mol. The average Bonchev–Trinajstić information content (AvgIpc) is 3.36. The number of benzene rings is 1. The molecular formula is C21H27N5O4. The molecule has 160 valence electrons. The maximum atomic E-state index is 12.9. The van der Waals surface area contributed by atoms with Crippen molar-refractivity contribution in [3.63, 3.8) is 0 Å². The van der Waals surface area contributed by atoms with Crippen molar-refractivity contribution in [2.45, 2.75) is 57.4 Å². The Bertz CT molecular complexity index is 1030. The molecule has 1 saturated heterocycles. The van der Waals surface area contributed by atoms with E-state index in [9.17, 15) is 19.7 Å². The third-order valence-electron chi connectivity index (χ3n) is 6.47. The fraction of sp³-hybridized carbons (Fsp3) is 0.571. The molecule has 9 nitrogen and oxygen atoms in total. The second-order valence-electron chi connectivity index (χ2n) is 8.40. The van der Waals surface area contributed by atoms with Crippen molar-refractivity contribution < 1.29 is 9.72 Å². The zero-order valence-electron chi connectivity index (χ0n) is 17.4. The van der Waals surface area contributed by atoms with Gasteiger partial charge in [-0.25, -0.2) is 9.48 Å². The summed E-state index contributed by atoms with van der Waals surface area (Å²) in [5.74, 6) is 0.786. The molecule has 0 bridgehead atoms. The SMILES string of the molecule is Cc1ccc(C(=O)N2CCC(c3nn(C)c(=O)n3C3CCCC3)CC2)cc1[N+](=O)[O-]. The second-order valence-corrected chi connectivity index (χ2v) is 8.40. The summed E-state index contributed by atoms with van der Waals surface area (Å²) in [6, 6.07) is 4.86. The molecule has 1 aliphatic heterocycles. The molecule has 9 heteroatoms. The molecular weight excluding hydrogens is 386 g/mol. The number of hydrogen-bond acceptors (Lipinski definition) is 5. The van der Waals surface area contributed by atoms with Crippen LogP contribution in [0, 0.1) is 17.0 Å². The average molecular weight is 413 g/mol.